The Balaban J connectivity index is 1.28. The van der Waals surface area contributed by atoms with E-state index in [2.05, 4.69) is 36.4 Å². The van der Waals surface area contributed by atoms with Crippen molar-refractivity contribution in [3.8, 4) is 33.4 Å². The van der Waals surface area contributed by atoms with Gasteiger partial charge in [-0.2, -0.15) is 0 Å². The Labute approximate surface area is 283 Å². The summed E-state index contributed by atoms with van der Waals surface area (Å²) in [5.41, 5.74) is 5.16. The second-order valence-corrected chi connectivity index (χ2v) is 11.8. The molecule has 0 aliphatic heterocycles. The summed E-state index contributed by atoms with van der Waals surface area (Å²) < 4.78 is 78.0. The van der Waals surface area contributed by atoms with Gasteiger partial charge in [0.25, 0.3) is 0 Å². The maximum Gasteiger partial charge on any atom is 0.136 e. The predicted molar refractivity (Wildman–Crippen MR) is 200 cm³/mol. The van der Waals surface area contributed by atoms with Crippen molar-refractivity contribution in [2.45, 2.75) is 0 Å². The van der Waals surface area contributed by atoms with Crippen molar-refractivity contribution in [3.63, 3.8) is 0 Å². The van der Waals surface area contributed by atoms with Crippen LogP contribution in [0.2, 0.25) is 0 Å². The Morgan fingerprint density at radius 1 is 0.383 bits per heavy atom. The topological polar surface area (TPSA) is 13.1 Å². The molecule has 0 spiro atoms. The van der Waals surface area contributed by atoms with Crippen LogP contribution >= 0.6 is 0 Å². The number of fused-ring (bicyclic) bond motifs is 9. The molecule has 0 saturated heterocycles. The van der Waals surface area contributed by atoms with E-state index in [1.54, 1.807) is 24.3 Å². The van der Waals surface area contributed by atoms with E-state index in [9.17, 15) is 2.74 Å². The second kappa shape index (κ2) is 10.2. The Hall–Kier alpha value is -6.18. The van der Waals surface area contributed by atoms with Gasteiger partial charge in [-0.15, -0.1) is 0 Å². The molecule has 218 valence electrons. The van der Waals surface area contributed by atoms with Gasteiger partial charge < -0.3 is 4.42 Å². The highest BCUT2D eigenvalue weighted by Gasteiger charge is 2.19. The molecular weight excluding hydrogens is 569 g/mol. The average molecular weight is 605 g/mol. The third-order valence-corrected chi connectivity index (χ3v) is 9.29. The quantitative estimate of drug-likeness (QED) is 0.183. The van der Waals surface area contributed by atoms with Gasteiger partial charge in [0.2, 0.25) is 0 Å². The van der Waals surface area contributed by atoms with E-state index >= 15 is 0 Å². The standard InChI is InChI=1S/C46H28O/c1-2-13-31(14-3-1)43-36-18-8-10-20-38(36)44(39-21-11-9-19-37(39)43)32-24-22-30(23-25-32)40-28-42-46(35-17-7-6-16-34(35)40)45-33-15-5-4-12-29(33)26-27-41(45)47-42/h1-28H/i8D,9D,10D,11D,18D,19D,20D,21D. The van der Waals surface area contributed by atoms with E-state index in [1.807, 2.05) is 60.7 Å². The van der Waals surface area contributed by atoms with Crippen molar-refractivity contribution in [1.82, 2.24) is 0 Å². The first-order valence-corrected chi connectivity index (χ1v) is 15.5. The number of furan rings is 1. The van der Waals surface area contributed by atoms with Crippen LogP contribution in [0.25, 0.3) is 98.4 Å². The Morgan fingerprint density at radius 2 is 0.894 bits per heavy atom. The molecule has 0 unspecified atom stereocenters. The molecule has 0 N–H and O–H groups in total. The molecule has 0 saturated carbocycles. The molecule has 10 rings (SSSR count). The van der Waals surface area contributed by atoms with E-state index < -0.39 is 24.2 Å². The molecule has 10 aromatic rings. The van der Waals surface area contributed by atoms with Crippen LogP contribution in [0.1, 0.15) is 11.0 Å². The minimum atomic E-state index is -0.423. The SMILES string of the molecule is [2H]c1c([2H])c([2H])c2c(-c3ccc(-c4cc5oc6ccc7ccccc7c6c5c5ccccc45)cc3)c3c([2H])c([2H])c([2H])c([2H])c3c(-c3ccccc3)c2c1[2H]. The van der Waals surface area contributed by atoms with Gasteiger partial charge in [0.1, 0.15) is 11.2 Å². The molecule has 0 bridgehead atoms. The van der Waals surface area contributed by atoms with Crippen molar-refractivity contribution >= 4 is 65.0 Å². The summed E-state index contributed by atoms with van der Waals surface area (Å²) in [4.78, 5) is 0. The molecule has 0 amide bonds. The van der Waals surface area contributed by atoms with E-state index in [1.165, 1.54) is 0 Å². The largest absolute Gasteiger partial charge is 0.456 e. The van der Waals surface area contributed by atoms with Gasteiger partial charge in [0.05, 0.1) is 11.0 Å². The van der Waals surface area contributed by atoms with Gasteiger partial charge in [0.15, 0.2) is 0 Å². The lowest BCUT2D eigenvalue weighted by Gasteiger charge is -2.18. The van der Waals surface area contributed by atoms with Crippen LogP contribution in [0.4, 0.5) is 0 Å². The van der Waals surface area contributed by atoms with Crippen molar-refractivity contribution in [2.24, 2.45) is 0 Å². The fraction of sp³-hybridized carbons (Fsp3) is 0. The first-order valence-electron chi connectivity index (χ1n) is 19.5. The lowest BCUT2D eigenvalue weighted by Crippen LogP contribution is -1.91. The van der Waals surface area contributed by atoms with E-state index in [4.69, 9.17) is 12.6 Å². The number of hydrogen-bond donors (Lipinski definition) is 0. The van der Waals surface area contributed by atoms with Gasteiger partial charge in [-0.25, -0.2) is 0 Å². The predicted octanol–water partition coefficient (Wildman–Crippen LogP) is 13.2. The molecular formula is C46H28O. The highest BCUT2D eigenvalue weighted by Crippen LogP contribution is 2.45. The molecule has 1 heterocycles. The molecule has 0 aliphatic carbocycles. The van der Waals surface area contributed by atoms with Crippen LogP contribution < -0.4 is 0 Å². The summed E-state index contributed by atoms with van der Waals surface area (Å²) in [7, 11) is 0. The number of rotatable bonds is 3. The fourth-order valence-corrected chi connectivity index (χ4v) is 7.26. The molecule has 9 aromatic carbocycles. The smallest absolute Gasteiger partial charge is 0.136 e. The molecule has 0 aliphatic rings. The summed E-state index contributed by atoms with van der Waals surface area (Å²) in [5, 5.41) is 7.22. The van der Waals surface area contributed by atoms with Crippen LogP contribution in [-0.2, 0) is 0 Å². The highest BCUT2D eigenvalue weighted by atomic mass is 16.3. The minimum Gasteiger partial charge on any atom is -0.456 e. The van der Waals surface area contributed by atoms with Crippen molar-refractivity contribution in [3.05, 3.63) is 170 Å². The number of benzene rings is 9. The summed E-state index contributed by atoms with van der Waals surface area (Å²) in [6.07, 6.45) is 0. The zero-order valence-electron chi connectivity index (χ0n) is 33.0. The zero-order valence-corrected chi connectivity index (χ0v) is 25.0. The van der Waals surface area contributed by atoms with Crippen LogP contribution in [0.5, 0.6) is 0 Å². The lowest BCUT2D eigenvalue weighted by atomic mass is 9.85. The van der Waals surface area contributed by atoms with E-state index in [0.717, 1.165) is 54.6 Å². The van der Waals surface area contributed by atoms with Crippen LogP contribution in [0.3, 0.4) is 0 Å². The maximum absolute atomic E-state index is 9.22. The molecule has 0 atom stereocenters. The molecule has 0 radical (unpaired) electrons. The van der Waals surface area contributed by atoms with Gasteiger partial charge in [0, 0.05) is 10.8 Å². The summed E-state index contributed by atoms with van der Waals surface area (Å²) >= 11 is 0. The summed E-state index contributed by atoms with van der Waals surface area (Å²) in [5.74, 6) is 0. The lowest BCUT2D eigenvalue weighted by molar-refractivity contribution is 0.669. The van der Waals surface area contributed by atoms with Gasteiger partial charge in [-0.3, -0.25) is 0 Å². The minimum absolute atomic E-state index is 0.191. The Kier molecular flexibility index (Phi) is 4.19. The summed E-state index contributed by atoms with van der Waals surface area (Å²) in [6.45, 7) is 0. The third-order valence-electron chi connectivity index (χ3n) is 9.29. The van der Waals surface area contributed by atoms with Crippen LogP contribution in [-0.4, -0.2) is 0 Å². The zero-order chi connectivity index (χ0) is 37.9. The van der Waals surface area contributed by atoms with Gasteiger partial charge in [-0.1, -0.05) is 158 Å². The Morgan fingerprint density at radius 3 is 1.55 bits per heavy atom. The van der Waals surface area contributed by atoms with E-state index in [-0.39, 0.29) is 45.7 Å². The van der Waals surface area contributed by atoms with E-state index in [0.29, 0.717) is 22.3 Å². The highest BCUT2D eigenvalue weighted by molar-refractivity contribution is 6.28. The number of hydrogen-bond acceptors (Lipinski definition) is 1. The molecule has 1 nitrogen and oxygen atoms in total. The summed E-state index contributed by atoms with van der Waals surface area (Å²) in [6, 6.07) is 36.5. The van der Waals surface area contributed by atoms with Crippen molar-refractivity contribution < 1.29 is 15.4 Å². The Bertz CT molecular complexity index is 3200. The average Bonchev–Trinajstić information content (AvgIpc) is 3.62. The first-order chi connectivity index (χ1) is 26.7. The van der Waals surface area contributed by atoms with Crippen molar-refractivity contribution in [2.75, 3.05) is 0 Å². The normalized spacial score (nSPS) is 14.2. The van der Waals surface area contributed by atoms with Crippen LogP contribution in [0, 0.1) is 0 Å². The molecule has 1 aromatic heterocycles. The molecule has 47 heavy (non-hydrogen) atoms. The fourth-order valence-electron chi connectivity index (χ4n) is 7.26. The molecule has 1 heteroatoms. The third kappa shape index (κ3) is 3.90. The molecule has 0 fully saturated rings. The maximum atomic E-state index is 9.22. The second-order valence-electron chi connectivity index (χ2n) is 11.8. The van der Waals surface area contributed by atoms with Crippen molar-refractivity contribution in [1.29, 1.82) is 0 Å². The van der Waals surface area contributed by atoms with Gasteiger partial charge >= 0.3 is 0 Å². The monoisotopic (exact) mass is 604 g/mol. The van der Waals surface area contributed by atoms with Gasteiger partial charge in [-0.05, 0) is 88.6 Å². The first kappa shape index (κ1) is 19.4. The van der Waals surface area contributed by atoms with Crippen LogP contribution in [0.15, 0.2) is 174 Å².